The fourth-order valence-corrected chi connectivity index (χ4v) is 3.76. The molecule has 1 aromatic rings. The minimum absolute atomic E-state index is 0.0296. The smallest absolute Gasteiger partial charge is 0.306 e. The number of hydrogen-bond acceptors (Lipinski definition) is 2. The summed E-state index contributed by atoms with van der Waals surface area (Å²) in [6.07, 6.45) is 6.58. The second kappa shape index (κ2) is 7.16. The molecular weight excluding hydrogens is 290 g/mol. The summed E-state index contributed by atoms with van der Waals surface area (Å²) < 4.78 is 0. The molecule has 0 aliphatic heterocycles. The van der Waals surface area contributed by atoms with E-state index in [1.54, 1.807) is 0 Å². The van der Waals surface area contributed by atoms with Crippen LogP contribution in [0, 0.1) is 17.8 Å². The van der Waals surface area contributed by atoms with Crippen molar-refractivity contribution in [2.24, 2.45) is 17.8 Å². The van der Waals surface area contributed by atoms with E-state index in [4.69, 9.17) is 5.11 Å². The lowest BCUT2D eigenvalue weighted by Gasteiger charge is -2.31. The maximum Gasteiger partial charge on any atom is 0.306 e. The number of carboxylic acid groups (broad SMARTS) is 1. The van der Waals surface area contributed by atoms with Crippen molar-refractivity contribution in [2.45, 2.75) is 51.0 Å². The largest absolute Gasteiger partial charge is 0.481 e. The quantitative estimate of drug-likeness (QED) is 0.844. The lowest BCUT2D eigenvalue weighted by molar-refractivity contribution is -0.141. The van der Waals surface area contributed by atoms with Crippen molar-refractivity contribution in [3.63, 3.8) is 0 Å². The summed E-state index contributed by atoms with van der Waals surface area (Å²) >= 11 is 0. The van der Waals surface area contributed by atoms with E-state index >= 15 is 0 Å². The van der Waals surface area contributed by atoms with E-state index in [2.05, 4.69) is 17.4 Å². The molecule has 1 aromatic carbocycles. The Morgan fingerprint density at radius 1 is 1.09 bits per heavy atom. The first-order valence-electron chi connectivity index (χ1n) is 8.71. The van der Waals surface area contributed by atoms with E-state index < -0.39 is 5.97 Å². The third-order valence-electron chi connectivity index (χ3n) is 5.46. The van der Waals surface area contributed by atoms with E-state index in [1.807, 2.05) is 18.2 Å². The molecule has 0 bridgehead atoms. The predicted molar refractivity (Wildman–Crippen MR) is 87.8 cm³/mol. The van der Waals surface area contributed by atoms with Gasteiger partial charge in [-0.1, -0.05) is 49.6 Å². The van der Waals surface area contributed by atoms with Crippen LogP contribution in [0.4, 0.5) is 0 Å². The summed E-state index contributed by atoms with van der Waals surface area (Å²) in [6.45, 7) is 0. The van der Waals surface area contributed by atoms with Gasteiger partial charge in [-0.05, 0) is 37.2 Å². The Morgan fingerprint density at radius 3 is 2.35 bits per heavy atom. The third kappa shape index (κ3) is 3.92. The van der Waals surface area contributed by atoms with Crippen LogP contribution >= 0.6 is 0 Å². The van der Waals surface area contributed by atoms with Crippen molar-refractivity contribution in [1.82, 2.24) is 5.32 Å². The Bertz CT molecular complexity index is 553. The zero-order valence-corrected chi connectivity index (χ0v) is 13.4. The minimum Gasteiger partial charge on any atom is -0.481 e. The summed E-state index contributed by atoms with van der Waals surface area (Å²) in [5.74, 6) is -0.539. The summed E-state index contributed by atoms with van der Waals surface area (Å²) in [5.41, 5.74) is 1.15. The van der Waals surface area contributed by atoms with Crippen molar-refractivity contribution in [3.8, 4) is 0 Å². The molecule has 0 heterocycles. The fraction of sp³-hybridized carbons (Fsp3) is 0.579. The predicted octanol–water partition coefficient (Wildman–Crippen LogP) is 3.54. The molecule has 23 heavy (non-hydrogen) atoms. The molecular formula is C19H25NO3. The highest BCUT2D eigenvalue weighted by Crippen LogP contribution is 2.36. The number of aliphatic carboxylic acids is 1. The Balaban J connectivity index is 1.63. The van der Waals surface area contributed by atoms with E-state index in [-0.39, 0.29) is 23.8 Å². The van der Waals surface area contributed by atoms with Crippen LogP contribution in [-0.4, -0.2) is 17.0 Å². The number of benzene rings is 1. The molecule has 0 spiro atoms. The average Bonchev–Trinajstić information content (AvgIpc) is 3.00. The highest BCUT2D eigenvalue weighted by atomic mass is 16.4. The molecule has 2 saturated carbocycles. The normalized spacial score (nSPS) is 25.6. The summed E-state index contributed by atoms with van der Waals surface area (Å²) in [4.78, 5) is 23.7. The molecule has 124 valence electrons. The van der Waals surface area contributed by atoms with Gasteiger partial charge in [0.2, 0.25) is 5.91 Å². The van der Waals surface area contributed by atoms with Gasteiger partial charge in [0.05, 0.1) is 12.0 Å². The van der Waals surface area contributed by atoms with Crippen LogP contribution in [-0.2, 0) is 9.59 Å². The molecule has 1 amide bonds. The lowest BCUT2D eigenvalue weighted by Crippen LogP contribution is -2.35. The molecule has 3 atom stereocenters. The van der Waals surface area contributed by atoms with Crippen molar-refractivity contribution < 1.29 is 14.7 Å². The molecule has 0 aromatic heterocycles. The molecule has 4 heteroatoms. The lowest BCUT2D eigenvalue weighted by atomic mass is 9.79. The Morgan fingerprint density at radius 2 is 1.78 bits per heavy atom. The van der Waals surface area contributed by atoms with Crippen molar-refractivity contribution in [2.75, 3.05) is 0 Å². The maximum atomic E-state index is 12.6. The number of amides is 1. The monoisotopic (exact) mass is 315 g/mol. The van der Waals surface area contributed by atoms with Gasteiger partial charge in [0.25, 0.3) is 0 Å². The van der Waals surface area contributed by atoms with Crippen LogP contribution in [0.3, 0.4) is 0 Å². The number of carbonyl (C=O) groups is 2. The molecule has 2 aliphatic rings. The van der Waals surface area contributed by atoms with Crippen LogP contribution in [0.25, 0.3) is 0 Å². The van der Waals surface area contributed by atoms with Gasteiger partial charge in [-0.3, -0.25) is 9.59 Å². The molecule has 2 fully saturated rings. The first kappa shape index (κ1) is 16.0. The van der Waals surface area contributed by atoms with E-state index in [0.717, 1.165) is 12.0 Å². The molecule has 2 N–H and O–H groups in total. The highest BCUT2D eigenvalue weighted by molar-refractivity contribution is 5.81. The van der Waals surface area contributed by atoms with E-state index in [1.165, 1.54) is 19.3 Å². The van der Waals surface area contributed by atoms with Gasteiger partial charge in [0.1, 0.15) is 0 Å². The van der Waals surface area contributed by atoms with Crippen LogP contribution in [0.5, 0.6) is 0 Å². The Hall–Kier alpha value is -1.84. The van der Waals surface area contributed by atoms with E-state index in [0.29, 0.717) is 25.2 Å². The van der Waals surface area contributed by atoms with Crippen molar-refractivity contribution >= 4 is 11.9 Å². The van der Waals surface area contributed by atoms with Gasteiger partial charge in [-0.2, -0.15) is 0 Å². The van der Waals surface area contributed by atoms with Crippen molar-refractivity contribution in [3.05, 3.63) is 35.9 Å². The fourth-order valence-electron chi connectivity index (χ4n) is 3.76. The zero-order valence-electron chi connectivity index (χ0n) is 13.4. The van der Waals surface area contributed by atoms with Gasteiger partial charge < -0.3 is 10.4 Å². The van der Waals surface area contributed by atoms with E-state index in [9.17, 15) is 9.59 Å². The van der Waals surface area contributed by atoms with Crippen LogP contribution < -0.4 is 5.32 Å². The molecule has 4 nitrogen and oxygen atoms in total. The number of nitrogens with one attached hydrogen (secondary N) is 1. The third-order valence-corrected chi connectivity index (χ3v) is 5.46. The molecule has 2 aliphatic carbocycles. The number of carboxylic acids is 1. The first-order chi connectivity index (χ1) is 11.1. The van der Waals surface area contributed by atoms with Gasteiger partial charge in [0, 0.05) is 5.92 Å². The standard InChI is InChI=1S/C19H25NO3/c21-18(15-9-10-16(12-15)19(22)23)20-17(11-13-5-4-6-13)14-7-2-1-3-8-14/h1-3,7-8,13,15-17H,4-6,9-12H2,(H,20,21)(H,22,23)/t15-,16+,17?/m0/s1. The molecule has 0 radical (unpaired) electrons. The minimum atomic E-state index is -0.769. The Labute approximate surface area is 137 Å². The van der Waals surface area contributed by atoms with Crippen LogP contribution in [0.1, 0.15) is 56.6 Å². The molecule has 1 unspecified atom stereocenters. The van der Waals surface area contributed by atoms with Gasteiger partial charge >= 0.3 is 5.97 Å². The zero-order chi connectivity index (χ0) is 16.2. The van der Waals surface area contributed by atoms with Gasteiger partial charge in [-0.15, -0.1) is 0 Å². The summed E-state index contributed by atoms with van der Waals surface area (Å²) in [7, 11) is 0. The SMILES string of the molecule is O=C(O)[C@@H]1CC[C@H](C(=O)NC(CC2CCC2)c2ccccc2)C1. The Kier molecular flexibility index (Phi) is 4.99. The van der Waals surface area contributed by atoms with Crippen LogP contribution in [0.15, 0.2) is 30.3 Å². The second-order valence-electron chi connectivity index (χ2n) is 7.05. The van der Waals surface area contributed by atoms with Gasteiger partial charge in [-0.25, -0.2) is 0 Å². The number of carbonyl (C=O) groups excluding carboxylic acids is 1. The van der Waals surface area contributed by atoms with Crippen LogP contribution in [0.2, 0.25) is 0 Å². The highest BCUT2D eigenvalue weighted by Gasteiger charge is 2.35. The summed E-state index contributed by atoms with van der Waals surface area (Å²) in [6, 6.07) is 10.2. The van der Waals surface area contributed by atoms with Crippen molar-refractivity contribution in [1.29, 1.82) is 0 Å². The maximum absolute atomic E-state index is 12.6. The topological polar surface area (TPSA) is 66.4 Å². The molecule has 0 saturated heterocycles. The molecule has 3 rings (SSSR count). The second-order valence-corrected chi connectivity index (χ2v) is 7.05. The number of rotatable bonds is 6. The summed E-state index contributed by atoms with van der Waals surface area (Å²) in [5, 5.41) is 12.3. The average molecular weight is 315 g/mol. The first-order valence-corrected chi connectivity index (χ1v) is 8.71. The van der Waals surface area contributed by atoms with Gasteiger partial charge in [0.15, 0.2) is 0 Å². The number of hydrogen-bond donors (Lipinski definition) is 2.